The molecule has 0 radical (unpaired) electrons. The Balaban J connectivity index is 2.05. The van der Waals surface area contributed by atoms with Crippen LogP contribution in [0.25, 0.3) is 0 Å². The first-order chi connectivity index (χ1) is 9.04. The molecule has 4 nitrogen and oxygen atoms in total. The van der Waals surface area contributed by atoms with Crippen molar-refractivity contribution in [1.29, 1.82) is 0 Å². The summed E-state index contributed by atoms with van der Waals surface area (Å²) in [5.74, 6) is 0.715. The number of hydrogen-bond donors (Lipinski definition) is 1. The highest BCUT2D eigenvalue weighted by atomic mass is 35.5. The molecule has 0 aliphatic rings. The Morgan fingerprint density at radius 3 is 2.89 bits per heavy atom. The van der Waals surface area contributed by atoms with E-state index in [4.69, 9.17) is 16.3 Å². The molecule has 0 amide bonds. The van der Waals surface area contributed by atoms with Gasteiger partial charge >= 0.3 is 0 Å². The number of hydrogen-bond acceptors (Lipinski definition) is 5. The Kier molecular flexibility index (Phi) is 4.74. The molecule has 1 N–H and O–H groups in total. The van der Waals surface area contributed by atoms with Crippen LogP contribution in [0.2, 0.25) is 5.02 Å². The van der Waals surface area contributed by atoms with Crippen molar-refractivity contribution in [3.63, 3.8) is 0 Å². The van der Waals surface area contributed by atoms with Gasteiger partial charge in [-0.05, 0) is 24.6 Å². The van der Waals surface area contributed by atoms with E-state index in [9.17, 15) is 0 Å². The van der Waals surface area contributed by atoms with Crippen molar-refractivity contribution in [3.05, 3.63) is 33.8 Å². The second-order valence-corrected chi connectivity index (χ2v) is 5.97. The molecule has 0 spiro atoms. The van der Waals surface area contributed by atoms with Crippen molar-refractivity contribution in [2.24, 2.45) is 0 Å². The Hall–Kier alpha value is -1.17. The van der Waals surface area contributed by atoms with Crippen LogP contribution in [0.4, 0.5) is 0 Å². The minimum atomic E-state index is 0.420. The zero-order chi connectivity index (χ0) is 13.8. The molecule has 0 atom stereocenters. The summed E-state index contributed by atoms with van der Waals surface area (Å²) in [6, 6.07) is 5.95. The number of rotatable bonds is 5. The third-order valence-corrected chi connectivity index (χ3v) is 3.49. The number of aryl methyl sites for hydroxylation is 1. The van der Waals surface area contributed by atoms with Gasteiger partial charge in [-0.1, -0.05) is 48.0 Å². The zero-order valence-electron chi connectivity index (χ0n) is 11.1. The monoisotopic (exact) mass is 297 g/mol. The Labute approximate surface area is 121 Å². The van der Waals surface area contributed by atoms with Gasteiger partial charge in [0.2, 0.25) is 0 Å². The fraction of sp³-hybridized carbons (Fsp3) is 0.385. The summed E-state index contributed by atoms with van der Waals surface area (Å²) in [4.78, 5) is 0. The van der Waals surface area contributed by atoms with Crippen molar-refractivity contribution in [2.45, 2.75) is 33.4 Å². The predicted molar refractivity (Wildman–Crippen MR) is 78.1 cm³/mol. The van der Waals surface area contributed by atoms with Crippen LogP contribution in [0, 0.1) is 6.92 Å². The maximum atomic E-state index is 5.95. The Bertz CT molecular complexity index is 557. The molecule has 1 aromatic heterocycles. The molecule has 1 aromatic carbocycles. The van der Waals surface area contributed by atoms with Crippen molar-refractivity contribution in [2.75, 3.05) is 0 Å². The third kappa shape index (κ3) is 4.16. The van der Waals surface area contributed by atoms with Crippen LogP contribution in [0.3, 0.4) is 0 Å². The number of aromatic nitrogens is 2. The van der Waals surface area contributed by atoms with Crippen LogP contribution in [0.5, 0.6) is 10.9 Å². The van der Waals surface area contributed by atoms with Crippen LogP contribution in [0.1, 0.15) is 24.4 Å². The molecule has 1 heterocycles. The van der Waals surface area contributed by atoms with Gasteiger partial charge in [0.1, 0.15) is 10.8 Å². The molecule has 0 fully saturated rings. The quantitative estimate of drug-likeness (QED) is 0.912. The molecule has 0 saturated heterocycles. The standard InChI is InChI=1S/C13H16ClN3OS/c1-8(2)15-7-12-16-17-13(19-12)18-11-6-10(14)5-4-9(11)3/h4-6,8,15H,7H2,1-3H3. The summed E-state index contributed by atoms with van der Waals surface area (Å²) >= 11 is 7.38. The van der Waals surface area contributed by atoms with Crippen LogP contribution in [-0.2, 0) is 6.54 Å². The summed E-state index contributed by atoms with van der Waals surface area (Å²) in [5.41, 5.74) is 1.02. The predicted octanol–water partition coefficient (Wildman–Crippen LogP) is 3.79. The van der Waals surface area contributed by atoms with Gasteiger partial charge in [-0.25, -0.2) is 0 Å². The van der Waals surface area contributed by atoms with Gasteiger partial charge in [0, 0.05) is 11.1 Å². The van der Waals surface area contributed by atoms with Gasteiger partial charge in [-0.3, -0.25) is 0 Å². The summed E-state index contributed by atoms with van der Waals surface area (Å²) in [6.45, 7) is 6.85. The first-order valence-electron chi connectivity index (χ1n) is 6.04. The first-order valence-corrected chi connectivity index (χ1v) is 7.24. The summed E-state index contributed by atoms with van der Waals surface area (Å²) in [6.07, 6.45) is 0. The summed E-state index contributed by atoms with van der Waals surface area (Å²) in [7, 11) is 0. The van der Waals surface area contributed by atoms with Crippen molar-refractivity contribution < 1.29 is 4.74 Å². The molecular formula is C13H16ClN3OS. The molecule has 6 heteroatoms. The average molecular weight is 298 g/mol. The molecular weight excluding hydrogens is 282 g/mol. The van der Waals surface area contributed by atoms with Gasteiger partial charge in [0.15, 0.2) is 0 Å². The van der Waals surface area contributed by atoms with E-state index < -0.39 is 0 Å². The van der Waals surface area contributed by atoms with Crippen LogP contribution < -0.4 is 10.1 Å². The molecule has 2 aromatic rings. The number of halogens is 1. The van der Waals surface area contributed by atoms with E-state index in [-0.39, 0.29) is 0 Å². The SMILES string of the molecule is Cc1ccc(Cl)cc1Oc1nnc(CNC(C)C)s1. The van der Waals surface area contributed by atoms with Crippen LogP contribution in [-0.4, -0.2) is 16.2 Å². The van der Waals surface area contributed by atoms with E-state index in [0.29, 0.717) is 28.6 Å². The maximum Gasteiger partial charge on any atom is 0.299 e. The largest absolute Gasteiger partial charge is 0.429 e. The normalized spacial score (nSPS) is 11.0. The Morgan fingerprint density at radius 1 is 1.37 bits per heavy atom. The third-order valence-electron chi connectivity index (χ3n) is 2.46. The van der Waals surface area contributed by atoms with E-state index in [1.165, 1.54) is 11.3 Å². The average Bonchev–Trinajstić information content (AvgIpc) is 2.79. The van der Waals surface area contributed by atoms with E-state index in [0.717, 1.165) is 10.6 Å². The highest BCUT2D eigenvalue weighted by molar-refractivity contribution is 7.13. The number of ether oxygens (including phenoxy) is 1. The van der Waals surface area contributed by atoms with Gasteiger partial charge in [-0.15, -0.1) is 5.10 Å². The number of nitrogens with zero attached hydrogens (tertiary/aromatic N) is 2. The lowest BCUT2D eigenvalue weighted by molar-refractivity contribution is 0.469. The minimum absolute atomic E-state index is 0.420. The minimum Gasteiger partial charge on any atom is -0.429 e. The first kappa shape index (κ1) is 14.2. The smallest absolute Gasteiger partial charge is 0.299 e. The molecule has 19 heavy (non-hydrogen) atoms. The van der Waals surface area contributed by atoms with Gasteiger partial charge in [0.25, 0.3) is 5.19 Å². The lowest BCUT2D eigenvalue weighted by Gasteiger charge is -2.05. The fourth-order valence-electron chi connectivity index (χ4n) is 1.42. The van der Waals surface area contributed by atoms with Crippen LogP contribution in [0.15, 0.2) is 18.2 Å². The van der Waals surface area contributed by atoms with Gasteiger partial charge < -0.3 is 10.1 Å². The molecule has 0 saturated carbocycles. The second kappa shape index (κ2) is 6.32. The van der Waals surface area contributed by atoms with E-state index in [1.54, 1.807) is 6.07 Å². The summed E-state index contributed by atoms with van der Waals surface area (Å²) in [5, 5.41) is 13.5. The van der Waals surface area contributed by atoms with E-state index >= 15 is 0 Å². The molecule has 0 aliphatic carbocycles. The second-order valence-electron chi connectivity index (χ2n) is 4.51. The molecule has 0 aliphatic heterocycles. The zero-order valence-corrected chi connectivity index (χ0v) is 12.7. The maximum absolute atomic E-state index is 5.95. The lowest BCUT2D eigenvalue weighted by Crippen LogP contribution is -2.21. The summed E-state index contributed by atoms with van der Waals surface area (Å²) < 4.78 is 5.71. The van der Waals surface area contributed by atoms with E-state index in [1.807, 2.05) is 19.1 Å². The van der Waals surface area contributed by atoms with Crippen molar-refractivity contribution >= 4 is 22.9 Å². The highest BCUT2D eigenvalue weighted by Crippen LogP contribution is 2.29. The number of nitrogens with one attached hydrogen (secondary N) is 1. The Morgan fingerprint density at radius 2 is 2.16 bits per heavy atom. The molecule has 102 valence electrons. The van der Waals surface area contributed by atoms with Gasteiger partial charge in [0.05, 0.1) is 6.54 Å². The molecule has 0 unspecified atom stereocenters. The van der Waals surface area contributed by atoms with Crippen LogP contribution >= 0.6 is 22.9 Å². The van der Waals surface area contributed by atoms with Gasteiger partial charge in [-0.2, -0.15) is 0 Å². The fourth-order valence-corrected chi connectivity index (χ4v) is 2.23. The molecule has 0 bridgehead atoms. The van der Waals surface area contributed by atoms with Crippen molar-refractivity contribution in [3.8, 4) is 10.9 Å². The highest BCUT2D eigenvalue weighted by Gasteiger charge is 2.08. The lowest BCUT2D eigenvalue weighted by atomic mass is 10.2. The van der Waals surface area contributed by atoms with E-state index in [2.05, 4.69) is 29.4 Å². The molecule has 2 rings (SSSR count). The van der Waals surface area contributed by atoms with Crippen molar-refractivity contribution in [1.82, 2.24) is 15.5 Å². The number of benzene rings is 1. The topological polar surface area (TPSA) is 47.0 Å².